The van der Waals surface area contributed by atoms with Gasteiger partial charge in [0.1, 0.15) is 0 Å². The van der Waals surface area contributed by atoms with Crippen LogP contribution < -0.4 is 0 Å². The summed E-state index contributed by atoms with van der Waals surface area (Å²) in [5.74, 6) is 0.197. The topological polar surface area (TPSA) is 52.3 Å². The molecule has 0 aliphatic rings. The molecule has 0 aliphatic heterocycles. The van der Waals surface area contributed by atoms with Crippen LogP contribution >= 0.6 is 0 Å². The monoisotopic (exact) mass is 259 g/mol. The lowest BCUT2D eigenvalue weighted by atomic mass is 10.1. The summed E-state index contributed by atoms with van der Waals surface area (Å²) in [4.78, 5) is 16.1. The van der Waals surface area contributed by atoms with Crippen molar-refractivity contribution >= 4 is 5.97 Å². The summed E-state index contributed by atoms with van der Waals surface area (Å²) in [6.07, 6.45) is 1.59. The lowest BCUT2D eigenvalue weighted by Gasteiger charge is -1.97. The Morgan fingerprint density at radius 2 is 2.21 bits per heavy atom. The molecule has 100 valence electrons. The highest BCUT2D eigenvalue weighted by Gasteiger charge is 2.20. The van der Waals surface area contributed by atoms with Crippen molar-refractivity contribution in [2.75, 3.05) is 7.11 Å². The number of ether oxygens (including phenoxy) is 1. The summed E-state index contributed by atoms with van der Waals surface area (Å²) < 4.78 is 10.3. The Labute approximate surface area is 112 Å². The number of methoxy groups -OCH3 is 1. The number of carbonyl (C=O) groups is 1. The molecule has 2 rings (SSSR count). The van der Waals surface area contributed by atoms with Crippen LogP contribution in [0.4, 0.5) is 0 Å². The summed E-state index contributed by atoms with van der Waals surface area (Å²) in [7, 11) is 1.34. The summed E-state index contributed by atoms with van der Waals surface area (Å²) in [5.41, 5.74) is 2.64. The zero-order valence-corrected chi connectivity index (χ0v) is 11.4. The molecular formula is C15H17NO3. The van der Waals surface area contributed by atoms with E-state index in [9.17, 15) is 4.79 Å². The Bertz CT molecular complexity index is 587. The summed E-state index contributed by atoms with van der Waals surface area (Å²) >= 11 is 0. The molecule has 4 heteroatoms. The van der Waals surface area contributed by atoms with Gasteiger partial charge in [0, 0.05) is 5.56 Å². The highest BCUT2D eigenvalue weighted by Crippen LogP contribution is 2.24. The number of nitrogens with zero attached hydrogens (tertiary/aromatic N) is 1. The van der Waals surface area contributed by atoms with Gasteiger partial charge in [-0.1, -0.05) is 31.0 Å². The second-order valence-electron chi connectivity index (χ2n) is 4.41. The lowest BCUT2D eigenvalue weighted by Crippen LogP contribution is -2.03. The fourth-order valence-electron chi connectivity index (χ4n) is 1.91. The molecule has 0 unspecified atom stereocenters. The zero-order chi connectivity index (χ0) is 13.8. The third-order valence-electron chi connectivity index (χ3n) is 2.82. The predicted octanol–water partition coefficient (Wildman–Crippen LogP) is 3.39. The fraction of sp³-hybridized carbons (Fsp3) is 0.333. The molecule has 0 amide bonds. The van der Waals surface area contributed by atoms with Crippen molar-refractivity contribution in [3.8, 4) is 11.5 Å². The number of rotatable bonds is 4. The van der Waals surface area contributed by atoms with Crippen molar-refractivity contribution in [1.82, 2.24) is 4.98 Å². The molecule has 0 bridgehead atoms. The van der Waals surface area contributed by atoms with Crippen molar-refractivity contribution in [2.24, 2.45) is 0 Å². The van der Waals surface area contributed by atoms with Gasteiger partial charge >= 0.3 is 5.97 Å². The van der Waals surface area contributed by atoms with Gasteiger partial charge in [0.2, 0.25) is 11.7 Å². The van der Waals surface area contributed by atoms with Crippen LogP contribution in [0.15, 0.2) is 28.7 Å². The molecule has 19 heavy (non-hydrogen) atoms. The number of carbonyl (C=O) groups excluding carboxylic acids is 1. The Morgan fingerprint density at radius 3 is 2.84 bits per heavy atom. The maximum atomic E-state index is 11.7. The Morgan fingerprint density at radius 1 is 1.42 bits per heavy atom. The van der Waals surface area contributed by atoms with Gasteiger partial charge < -0.3 is 9.15 Å². The van der Waals surface area contributed by atoms with Gasteiger partial charge in [-0.3, -0.25) is 0 Å². The number of aromatic nitrogens is 1. The first-order valence-electron chi connectivity index (χ1n) is 6.30. The quantitative estimate of drug-likeness (QED) is 0.790. The third-order valence-corrected chi connectivity index (χ3v) is 2.82. The average Bonchev–Trinajstić information content (AvgIpc) is 2.82. The SMILES string of the molecule is CCCc1nc(-c2cccc(C)c2)oc1C(=O)OC. The van der Waals surface area contributed by atoms with Crippen molar-refractivity contribution < 1.29 is 13.9 Å². The van der Waals surface area contributed by atoms with E-state index >= 15 is 0 Å². The van der Waals surface area contributed by atoms with Gasteiger partial charge in [0.15, 0.2) is 0 Å². The summed E-state index contributed by atoms with van der Waals surface area (Å²) in [6.45, 7) is 4.03. The Balaban J connectivity index is 2.45. The van der Waals surface area contributed by atoms with Gasteiger partial charge in [-0.2, -0.15) is 0 Å². The number of aryl methyl sites for hydroxylation is 2. The molecule has 0 N–H and O–H groups in total. The molecule has 1 aromatic carbocycles. The first kappa shape index (κ1) is 13.3. The maximum Gasteiger partial charge on any atom is 0.376 e. The van der Waals surface area contributed by atoms with E-state index in [1.165, 1.54) is 7.11 Å². The van der Waals surface area contributed by atoms with Crippen LogP contribution in [0.1, 0.15) is 35.2 Å². The van der Waals surface area contributed by atoms with Crippen LogP contribution in [0.25, 0.3) is 11.5 Å². The second kappa shape index (κ2) is 5.69. The summed E-state index contributed by atoms with van der Waals surface area (Å²) in [5, 5.41) is 0. The number of oxazole rings is 1. The minimum atomic E-state index is -0.477. The van der Waals surface area contributed by atoms with Gasteiger partial charge in [-0.15, -0.1) is 0 Å². The van der Waals surface area contributed by atoms with E-state index < -0.39 is 5.97 Å². The minimum absolute atomic E-state index is 0.209. The van der Waals surface area contributed by atoms with E-state index in [1.807, 2.05) is 38.1 Å². The molecule has 0 spiro atoms. The van der Waals surface area contributed by atoms with E-state index in [2.05, 4.69) is 4.98 Å². The second-order valence-corrected chi connectivity index (χ2v) is 4.41. The van der Waals surface area contributed by atoms with E-state index in [4.69, 9.17) is 9.15 Å². The molecule has 4 nitrogen and oxygen atoms in total. The number of hydrogen-bond acceptors (Lipinski definition) is 4. The van der Waals surface area contributed by atoms with Crippen molar-refractivity contribution in [3.05, 3.63) is 41.3 Å². The molecule has 0 radical (unpaired) electrons. The Kier molecular flexibility index (Phi) is 4.00. The van der Waals surface area contributed by atoms with Crippen molar-refractivity contribution in [3.63, 3.8) is 0 Å². The summed E-state index contributed by atoms with van der Waals surface area (Å²) in [6, 6.07) is 7.82. The molecule has 1 aromatic heterocycles. The Hall–Kier alpha value is -2.10. The normalized spacial score (nSPS) is 10.5. The van der Waals surface area contributed by atoms with Crippen LogP contribution in [0.2, 0.25) is 0 Å². The van der Waals surface area contributed by atoms with Crippen LogP contribution in [-0.4, -0.2) is 18.1 Å². The molecular weight excluding hydrogens is 242 g/mol. The molecule has 0 aliphatic carbocycles. The van der Waals surface area contributed by atoms with Crippen LogP contribution in [0, 0.1) is 6.92 Å². The smallest absolute Gasteiger partial charge is 0.376 e. The highest BCUT2D eigenvalue weighted by atomic mass is 16.5. The lowest BCUT2D eigenvalue weighted by molar-refractivity contribution is 0.0564. The van der Waals surface area contributed by atoms with E-state index in [1.54, 1.807) is 0 Å². The van der Waals surface area contributed by atoms with E-state index in [-0.39, 0.29) is 5.76 Å². The number of hydrogen-bond donors (Lipinski definition) is 0. The number of benzene rings is 1. The zero-order valence-electron chi connectivity index (χ0n) is 11.4. The van der Waals surface area contributed by atoms with Gasteiger partial charge in [0.05, 0.1) is 12.8 Å². The molecule has 0 saturated heterocycles. The number of esters is 1. The fourth-order valence-corrected chi connectivity index (χ4v) is 1.91. The highest BCUT2D eigenvalue weighted by molar-refractivity contribution is 5.88. The molecule has 2 aromatic rings. The third kappa shape index (κ3) is 2.84. The molecule has 0 saturated carbocycles. The molecule has 1 heterocycles. The van der Waals surface area contributed by atoms with Gasteiger partial charge in [-0.25, -0.2) is 9.78 Å². The maximum absolute atomic E-state index is 11.7. The molecule has 0 atom stereocenters. The van der Waals surface area contributed by atoms with Crippen LogP contribution in [-0.2, 0) is 11.2 Å². The first-order valence-corrected chi connectivity index (χ1v) is 6.30. The first-order chi connectivity index (χ1) is 9.15. The minimum Gasteiger partial charge on any atom is -0.463 e. The standard InChI is InChI=1S/C15H17NO3/c1-4-6-12-13(15(17)18-3)19-14(16-12)11-8-5-7-10(2)9-11/h5,7-9H,4,6H2,1-3H3. The van der Waals surface area contributed by atoms with Gasteiger partial charge in [-0.05, 0) is 25.5 Å². The van der Waals surface area contributed by atoms with Crippen molar-refractivity contribution in [1.29, 1.82) is 0 Å². The average molecular weight is 259 g/mol. The molecule has 0 fully saturated rings. The largest absolute Gasteiger partial charge is 0.463 e. The van der Waals surface area contributed by atoms with E-state index in [0.717, 1.165) is 17.5 Å². The van der Waals surface area contributed by atoms with E-state index in [0.29, 0.717) is 18.0 Å². The van der Waals surface area contributed by atoms with Crippen molar-refractivity contribution in [2.45, 2.75) is 26.7 Å². The van der Waals surface area contributed by atoms with Gasteiger partial charge in [0.25, 0.3) is 0 Å². The predicted molar refractivity (Wildman–Crippen MR) is 72.0 cm³/mol. The van der Waals surface area contributed by atoms with Crippen LogP contribution in [0.5, 0.6) is 0 Å². The van der Waals surface area contributed by atoms with Crippen LogP contribution in [0.3, 0.4) is 0 Å².